The summed E-state index contributed by atoms with van der Waals surface area (Å²) in [5, 5.41) is 9.80. The number of carboxylic acid groups (broad SMARTS) is 1. The van der Waals surface area contributed by atoms with E-state index in [0.29, 0.717) is 10.9 Å². The van der Waals surface area contributed by atoms with Crippen molar-refractivity contribution >= 4 is 16.9 Å². The Balaban J connectivity index is 2.17. The number of fused-ring (bicyclic) bond motifs is 1. The third kappa shape index (κ3) is 2.38. The maximum atomic E-state index is 13.6. The zero-order valence-electron chi connectivity index (χ0n) is 10.7. The highest BCUT2D eigenvalue weighted by molar-refractivity contribution is 6.04. The third-order valence-electron chi connectivity index (χ3n) is 2.89. The van der Waals surface area contributed by atoms with E-state index >= 15 is 0 Å². The summed E-state index contributed by atoms with van der Waals surface area (Å²) in [5.74, 6) is -2.21. The highest BCUT2D eigenvalue weighted by atomic mass is 19.1. The fourth-order valence-corrected chi connectivity index (χ4v) is 1.97. The molecular weight excluding hydrogens is 275 g/mol. The Morgan fingerprint density at radius 3 is 2.71 bits per heavy atom. The van der Waals surface area contributed by atoms with Crippen molar-refractivity contribution in [2.24, 2.45) is 0 Å². The second-order valence-electron chi connectivity index (χ2n) is 4.21. The molecule has 104 valence electrons. The first kappa shape index (κ1) is 13.0. The Morgan fingerprint density at radius 1 is 1.14 bits per heavy atom. The van der Waals surface area contributed by atoms with E-state index in [2.05, 4.69) is 9.97 Å². The molecule has 1 aromatic carbocycles. The first-order chi connectivity index (χ1) is 10.2. The highest BCUT2D eigenvalue weighted by Gasteiger charge is 2.18. The number of benzene rings is 1. The van der Waals surface area contributed by atoms with Crippen LogP contribution in [0.15, 0.2) is 48.8 Å². The molecule has 0 bridgehead atoms. The Hall–Kier alpha value is -3.02. The lowest BCUT2D eigenvalue weighted by atomic mass is 10.1. The van der Waals surface area contributed by atoms with Gasteiger partial charge in [0, 0.05) is 11.6 Å². The van der Waals surface area contributed by atoms with E-state index in [9.17, 15) is 14.3 Å². The molecule has 2 aromatic heterocycles. The van der Waals surface area contributed by atoms with Gasteiger partial charge < -0.3 is 9.84 Å². The number of hydrogen-bond acceptors (Lipinski definition) is 4. The molecule has 0 saturated heterocycles. The molecule has 0 atom stereocenters. The second-order valence-corrected chi connectivity index (χ2v) is 4.21. The van der Waals surface area contributed by atoms with E-state index in [1.807, 2.05) is 0 Å². The molecule has 0 spiro atoms. The molecule has 0 aliphatic rings. The molecule has 1 N–H and O–H groups in total. The van der Waals surface area contributed by atoms with Crippen LogP contribution in [0.25, 0.3) is 10.9 Å². The maximum absolute atomic E-state index is 13.6. The van der Waals surface area contributed by atoms with Crippen LogP contribution in [0.3, 0.4) is 0 Å². The fraction of sp³-hybridized carbons (Fsp3) is 0. The predicted molar refractivity (Wildman–Crippen MR) is 73.0 cm³/mol. The number of carboxylic acids is 1. The number of carbonyl (C=O) groups is 1. The van der Waals surface area contributed by atoms with Crippen LogP contribution in [0, 0.1) is 5.82 Å². The summed E-state index contributed by atoms with van der Waals surface area (Å²) in [7, 11) is 0. The molecule has 0 radical (unpaired) electrons. The maximum Gasteiger partial charge on any atom is 0.340 e. The van der Waals surface area contributed by atoms with Crippen molar-refractivity contribution in [2.45, 2.75) is 0 Å². The number of hydrogen-bond donors (Lipinski definition) is 1. The molecule has 0 aliphatic heterocycles. The van der Waals surface area contributed by atoms with Crippen LogP contribution in [0.5, 0.6) is 11.6 Å². The van der Waals surface area contributed by atoms with Gasteiger partial charge in [0.15, 0.2) is 11.6 Å². The summed E-state index contributed by atoms with van der Waals surface area (Å²) in [6.45, 7) is 0. The van der Waals surface area contributed by atoms with Gasteiger partial charge in [0.25, 0.3) is 5.88 Å². The molecule has 3 aromatic rings. The van der Waals surface area contributed by atoms with Gasteiger partial charge in [-0.3, -0.25) is 4.98 Å². The van der Waals surface area contributed by atoms with Crippen LogP contribution in [0.2, 0.25) is 0 Å². The molecule has 0 fully saturated rings. The minimum Gasteiger partial charge on any atom is -0.478 e. The van der Waals surface area contributed by atoms with Gasteiger partial charge in [-0.2, -0.15) is 0 Å². The van der Waals surface area contributed by atoms with Crippen LogP contribution in [-0.2, 0) is 0 Å². The molecule has 0 amide bonds. The van der Waals surface area contributed by atoms with Crippen molar-refractivity contribution in [3.05, 3.63) is 60.2 Å². The Bertz CT molecular complexity index is 836. The number of halogens is 1. The smallest absolute Gasteiger partial charge is 0.340 e. The summed E-state index contributed by atoms with van der Waals surface area (Å²) >= 11 is 0. The molecule has 2 heterocycles. The molecule has 21 heavy (non-hydrogen) atoms. The molecule has 5 nitrogen and oxygen atoms in total. The van der Waals surface area contributed by atoms with E-state index in [-0.39, 0.29) is 17.2 Å². The lowest BCUT2D eigenvalue weighted by Crippen LogP contribution is -2.03. The van der Waals surface area contributed by atoms with E-state index in [4.69, 9.17) is 4.74 Å². The minimum absolute atomic E-state index is 0.0567. The zero-order valence-corrected chi connectivity index (χ0v) is 10.7. The quantitative estimate of drug-likeness (QED) is 0.799. The van der Waals surface area contributed by atoms with Crippen molar-refractivity contribution < 1.29 is 19.0 Å². The standard InChI is InChI=1S/C15H9FN2O3/c16-10-5-3-7-17-14(10)21-12-8-18-11-6-2-1-4-9(11)13(12)15(19)20/h1-8H,(H,19,20). The van der Waals surface area contributed by atoms with Crippen LogP contribution >= 0.6 is 0 Å². The molecule has 0 saturated carbocycles. The van der Waals surface area contributed by atoms with Gasteiger partial charge in [0.1, 0.15) is 5.56 Å². The highest BCUT2D eigenvalue weighted by Crippen LogP contribution is 2.30. The van der Waals surface area contributed by atoms with Gasteiger partial charge in [0.2, 0.25) is 0 Å². The summed E-state index contributed by atoms with van der Waals surface area (Å²) in [6, 6.07) is 9.35. The monoisotopic (exact) mass is 284 g/mol. The lowest BCUT2D eigenvalue weighted by Gasteiger charge is -2.10. The Morgan fingerprint density at radius 2 is 1.95 bits per heavy atom. The van der Waals surface area contributed by atoms with Crippen LogP contribution in [0.4, 0.5) is 4.39 Å². The number of aromatic nitrogens is 2. The van der Waals surface area contributed by atoms with E-state index in [1.54, 1.807) is 24.3 Å². The van der Waals surface area contributed by atoms with Gasteiger partial charge in [-0.1, -0.05) is 18.2 Å². The van der Waals surface area contributed by atoms with E-state index in [1.165, 1.54) is 24.5 Å². The minimum atomic E-state index is -1.18. The van der Waals surface area contributed by atoms with Crippen molar-refractivity contribution in [3.63, 3.8) is 0 Å². The first-order valence-corrected chi connectivity index (χ1v) is 6.06. The molecule has 0 aliphatic carbocycles. The normalized spacial score (nSPS) is 10.5. The number of para-hydroxylation sites is 1. The zero-order chi connectivity index (χ0) is 14.8. The van der Waals surface area contributed by atoms with Crippen molar-refractivity contribution in [1.82, 2.24) is 9.97 Å². The summed E-state index contributed by atoms with van der Waals surface area (Å²) in [4.78, 5) is 19.3. The Kier molecular flexibility index (Phi) is 3.19. The molecule has 6 heteroatoms. The van der Waals surface area contributed by atoms with Crippen molar-refractivity contribution in [3.8, 4) is 11.6 Å². The average Bonchev–Trinajstić information content (AvgIpc) is 2.49. The summed E-state index contributed by atoms with van der Waals surface area (Å²) < 4.78 is 18.8. The third-order valence-corrected chi connectivity index (χ3v) is 2.89. The van der Waals surface area contributed by atoms with Gasteiger partial charge in [-0.15, -0.1) is 0 Å². The Labute approximate surface area is 118 Å². The molecular formula is C15H9FN2O3. The van der Waals surface area contributed by atoms with Crippen LogP contribution in [0.1, 0.15) is 10.4 Å². The number of nitrogens with zero attached hydrogens (tertiary/aromatic N) is 2. The fourth-order valence-electron chi connectivity index (χ4n) is 1.97. The summed E-state index contributed by atoms with van der Waals surface area (Å²) in [6.07, 6.45) is 2.60. The topological polar surface area (TPSA) is 72.3 Å². The number of pyridine rings is 2. The number of rotatable bonds is 3. The van der Waals surface area contributed by atoms with Crippen LogP contribution in [-0.4, -0.2) is 21.0 Å². The summed E-state index contributed by atoms with van der Waals surface area (Å²) in [5.41, 5.74) is 0.439. The van der Waals surface area contributed by atoms with Crippen molar-refractivity contribution in [2.75, 3.05) is 0 Å². The van der Waals surface area contributed by atoms with Gasteiger partial charge >= 0.3 is 5.97 Å². The van der Waals surface area contributed by atoms with E-state index < -0.39 is 11.8 Å². The number of ether oxygens (including phenoxy) is 1. The largest absolute Gasteiger partial charge is 0.478 e. The van der Waals surface area contributed by atoms with Crippen LogP contribution < -0.4 is 4.74 Å². The van der Waals surface area contributed by atoms with Crippen molar-refractivity contribution in [1.29, 1.82) is 0 Å². The average molecular weight is 284 g/mol. The molecule has 0 unspecified atom stereocenters. The van der Waals surface area contributed by atoms with Gasteiger partial charge in [-0.25, -0.2) is 14.2 Å². The predicted octanol–water partition coefficient (Wildman–Crippen LogP) is 3.26. The lowest BCUT2D eigenvalue weighted by molar-refractivity contribution is 0.0696. The first-order valence-electron chi connectivity index (χ1n) is 6.06. The molecule has 3 rings (SSSR count). The van der Waals surface area contributed by atoms with E-state index in [0.717, 1.165) is 0 Å². The SMILES string of the molecule is O=C(O)c1c(Oc2ncccc2F)cnc2ccccc12. The van der Waals surface area contributed by atoms with Gasteiger partial charge in [-0.05, 0) is 18.2 Å². The van der Waals surface area contributed by atoms with Gasteiger partial charge in [0.05, 0.1) is 11.7 Å². The second kappa shape index (κ2) is 5.16. The number of aromatic carboxylic acids is 1.